The lowest BCUT2D eigenvalue weighted by atomic mass is 10.1. The zero-order valence-corrected chi connectivity index (χ0v) is 17.1. The highest BCUT2D eigenvalue weighted by Gasteiger charge is 2.17. The largest absolute Gasteiger partial charge is 0.462 e. The van der Waals surface area contributed by atoms with Gasteiger partial charge in [-0.3, -0.25) is 4.79 Å². The monoisotopic (exact) mass is 402 g/mol. The third-order valence-electron chi connectivity index (χ3n) is 4.71. The van der Waals surface area contributed by atoms with Gasteiger partial charge in [-0.2, -0.15) is 10.4 Å². The third-order valence-corrected chi connectivity index (χ3v) is 4.71. The molecule has 0 atom stereocenters. The molecule has 2 aromatic carbocycles. The predicted molar refractivity (Wildman–Crippen MR) is 111 cm³/mol. The average Bonchev–Trinajstić information content (AvgIpc) is 3.15. The van der Waals surface area contributed by atoms with Gasteiger partial charge in [0.2, 0.25) is 0 Å². The second-order valence-corrected chi connectivity index (χ2v) is 6.79. The first kappa shape index (κ1) is 20.8. The van der Waals surface area contributed by atoms with Crippen molar-refractivity contribution in [3.63, 3.8) is 0 Å². The summed E-state index contributed by atoms with van der Waals surface area (Å²) in [4.78, 5) is 26.3. The van der Waals surface area contributed by atoms with Gasteiger partial charge in [0.1, 0.15) is 5.56 Å². The van der Waals surface area contributed by atoms with Crippen molar-refractivity contribution in [1.82, 2.24) is 14.7 Å². The highest BCUT2D eigenvalue weighted by atomic mass is 16.5. The maximum atomic E-state index is 12.7. The molecule has 30 heavy (non-hydrogen) atoms. The summed E-state index contributed by atoms with van der Waals surface area (Å²) in [6.07, 6.45) is 1.48. The molecule has 0 N–H and O–H groups in total. The molecule has 0 fully saturated rings. The number of carbonyl (C=O) groups is 2. The fraction of sp³-hybridized carbons (Fsp3) is 0.217. The smallest absolute Gasteiger partial charge is 0.341 e. The highest BCUT2D eigenvalue weighted by Crippen LogP contribution is 2.17. The summed E-state index contributed by atoms with van der Waals surface area (Å²) < 4.78 is 6.68. The lowest BCUT2D eigenvalue weighted by Crippen LogP contribution is -2.26. The lowest BCUT2D eigenvalue weighted by Gasteiger charge is -2.17. The number of hydrogen-bond acceptors (Lipinski definition) is 5. The number of carbonyl (C=O) groups excluding carboxylic acids is 2. The van der Waals surface area contributed by atoms with Crippen molar-refractivity contribution in [3.05, 3.63) is 82.7 Å². The zero-order chi connectivity index (χ0) is 21.7. The van der Waals surface area contributed by atoms with Crippen LogP contribution in [0.4, 0.5) is 0 Å². The minimum Gasteiger partial charge on any atom is -0.462 e. The molecule has 1 aromatic heterocycles. The standard InChI is InChI=1S/C23H22N4O3/c1-4-30-23(29)21-14-25-27(16(21)2)20-11-9-19(10-12-20)22(28)26(3)15-18-7-5-17(13-24)6-8-18/h5-12,14H,4,15H2,1-3H3. The molecule has 0 spiro atoms. The fourth-order valence-corrected chi connectivity index (χ4v) is 3.08. The Morgan fingerprint density at radius 1 is 1.13 bits per heavy atom. The van der Waals surface area contributed by atoms with Crippen molar-refractivity contribution in [3.8, 4) is 11.8 Å². The topological polar surface area (TPSA) is 88.2 Å². The highest BCUT2D eigenvalue weighted by molar-refractivity contribution is 5.94. The molecular weight excluding hydrogens is 380 g/mol. The third kappa shape index (κ3) is 4.39. The minimum atomic E-state index is -0.405. The molecule has 7 heteroatoms. The number of nitrogens with zero attached hydrogens (tertiary/aromatic N) is 4. The van der Waals surface area contributed by atoms with Gasteiger partial charge in [-0.1, -0.05) is 12.1 Å². The first-order valence-corrected chi connectivity index (χ1v) is 9.51. The van der Waals surface area contributed by atoms with Gasteiger partial charge in [0.05, 0.1) is 35.8 Å². The van der Waals surface area contributed by atoms with Gasteiger partial charge in [0.25, 0.3) is 5.91 Å². The lowest BCUT2D eigenvalue weighted by molar-refractivity contribution is 0.0525. The van der Waals surface area contributed by atoms with E-state index in [-0.39, 0.29) is 5.91 Å². The second kappa shape index (κ2) is 9.05. The van der Waals surface area contributed by atoms with E-state index in [2.05, 4.69) is 11.2 Å². The summed E-state index contributed by atoms with van der Waals surface area (Å²) in [5, 5.41) is 13.1. The van der Waals surface area contributed by atoms with Crippen LogP contribution in [0.15, 0.2) is 54.7 Å². The quantitative estimate of drug-likeness (QED) is 0.589. The van der Waals surface area contributed by atoms with Crippen molar-refractivity contribution in [2.75, 3.05) is 13.7 Å². The Hall–Kier alpha value is -3.92. The Bertz CT molecular complexity index is 1090. The summed E-state index contributed by atoms with van der Waals surface area (Å²) >= 11 is 0. The Kier molecular flexibility index (Phi) is 6.28. The van der Waals surface area contributed by atoms with E-state index in [1.807, 2.05) is 12.1 Å². The number of esters is 1. The van der Waals surface area contributed by atoms with Crippen LogP contribution >= 0.6 is 0 Å². The van der Waals surface area contributed by atoms with Gasteiger partial charge in [-0.05, 0) is 55.8 Å². The molecule has 0 saturated carbocycles. The van der Waals surface area contributed by atoms with E-state index in [1.165, 1.54) is 6.20 Å². The number of nitriles is 1. The molecule has 1 heterocycles. The fourth-order valence-electron chi connectivity index (χ4n) is 3.08. The molecule has 3 aromatic rings. The van der Waals surface area contributed by atoms with Crippen LogP contribution in [0.25, 0.3) is 5.69 Å². The summed E-state index contributed by atoms with van der Waals surface area (Å²) in [6.45, 7) is 4.29. The summed E-state index contributed by atoms with van der Waals surface area (Å²) in [5.41, 5.74) is 3.91. The number of hydrogen-bond donors (Lipinski definition) is 0. The number of aromatic nitrogens is 2. The molecule has 0 saturated heterocycles. The van der Waals surface area contributed by atoms with Gasteiger partial charge in [0.15, 0.2) is 0 Å². The molecule has 0 bridgehead atoms. The van der Waals surface area contributed by atoms with Crippen molar-refractivity contribution in [2.45, 2.75) is 20.4 Å². The maximum Gasteiger partial charge on any atom is 0.341 e. The minimum absolute atomic E-state index is 0.115. The molecule has 1 amide bonds. The SMILES string of the molecule is CCOC(=O)c1cnn(-c2ccc(C(=O)N(C)Cc3ccc(C#N)cc3)cc2)c1C. The van der Waals surface area contributed by atoms with E-state index >= 15 is 0 Å². The van der Waals surface area contributed by atoms with Crippen LogP contribution in [0.5, 0.6) is 0 Å². The van der Waals surface area contributed by atoms with E-state index < -0.39 is 5.97 Å². The van der Waals surface area contributed by atoms with Crippen LogP contribution in [0.3, 0.4) is 0 Å². The zero-order valence-electron chi connectivity index (χ0n) is 17.1. The molecule has 0 aliphatic rings. The molecule has 0 radical (unpaired) electrons. The van der Waals surface area contributed by atoms with Crippen molar-refractivity contribution in [2.24, 2.45) is 0 Å². The maximum absolute atomic E-state index is 12.7. The van der Waals surface area contributed by atoms with Crippen LogP contribution in [0, 0.1) is 18.3 Å². The number of benzene rings is 2. The van der Waals surface area contributed by atoms with Crippen molar-refractivity contribution < 1.29 is 14.3 Å². The van der Waals surface area contributed by atoms with E-state index in [1.54, 1.807) is 66.9 Å². The second-order valence-electron chi connectivity index (χ2n) is 6.79. The van der Waals surface area contributed by atoms with Gasteiger partial charge in [0, 0.05) is 19.2 Å². The molecule has 0 unspecified atom stereocenters. The number of rotatable bonds is 6. The Labute approximate surface area is 175 Å². The Morgan fingerprint density at radius 3 is 2.40 bits per heavy atom. The molecule has 7 nitrogen and oxygen atoms in total. The normalized spacial score (nSPS) is 10.3. The molecule has 152 valence electrons. The van der Waals surface area contributed by atoms with Gasteiger partial charge >= 0.3 is 5.97 Å². The molecule has 3 rings (SSSR count). The first-order valence-electron chi connectivity index (χ1n) is 9.51. The molecular formula is C23H22N4O3. The van der Waals surface area contributed by atoms with Crippen LogP contribution in [-0.4, -0.2) is 40.2 Å². The van der Waals surface area contributed by atoms with Crippen LogP contribution in [-0.2, 0) is 11.3 Å². The van der Waals surface area contributed by atoms with Crippen LogP contribution < -0.4 is 0 Å². The van der Waals surface area contributed by atoms with Crippen LogP contribution in [0.1, 0.15) is 44.5 Å². The summed E-state index contributed by atoms with van der Waals surface area (Å²) in [7, 11) is 1.73. The van der Waals surface area contributed by atoms with E-state index in [4.69, 9.17) is 10.00 Å². The van der Waals surface area contributed by atoms with E-state index in [9.17, 15) is 9.59 Å². The van der Waals surface area contributed by atoms with Gasteiger partial charge in [-0.15, -0.1) is 0 Å². The Balaban J connectivity index is 1.72. The summed E-state index contributed by atoms with van der Waals surface area (Å²) in [6, 6.07) is 16.3. The molecule has 0 aliphatic carbocycles. The predicted octanol–water partition coefficient (Wildman–Crippen LogP) is 3.50. The van der Waals surface area contributed by atoms with Crippen LogP contribution in [0.2, 0.25) is 0 Å². The first-order chi connectivity index (χ1) is 14.4. The van der Waals surface area contributed by atoms with Crippen molar-refractivity contribution >= 4 is 11.9 Å². The number of amides is 1. The Morgan fingerprint density at radius 2 is 1.80 bits per heavy atom. The van der Waals surface area contributed by atoms with E-state index in [0.29, 0.717) is 35.5 Å². The van der Waals surface area contributed by atoms with E-state index in [0.717, 1.165) is 11.3 Å². The number of ether oxygens (including phenoxy) is 1. The average molecular weight is 402 g/mol. The summed E-state index contributed by atoms with van der Waals surface area (Å²) in [5.74, 6) is -0.521. The molecule has 0 aliphatic heterocycles. The van der Waals surface area contributed by atoms with Gasteiger partial charge in [-0.25, -0.2) is 9.48 Å². The van der Waals surface area contributed by atoms with Crippen molar-refractivity contribution in [1.29, 1.82) is 5.26 Å². The van der Waals surface area contributed by atoms with Gasteiger partial charge < -0.3 is 9.64 Å².